The summed E-state index contributed by atoms with van der Waals surface area (Å²) in [5, 5.41) is 7.42. The number of benzene rings is 1. The third-order valence-electron chi connectivity index (χ3n) is 4.51. The maximum Gasteiger partial charge on any atom is 0.375 e. The van der Waals surface area contributed by atoms with Gasteiger partial charge >= 0.3 is 5.97 Å². The van der Waals surface area contributed by atoms with Crippen molar-refractivity contribution in [1.82, 2.24) is 9.78 Å². The lowest BCUT2D eigenvalue weighted by Crippen LogP contribution is -2.30. The minimum Gasteiger partial charge on any atom is -0.447 e. The van der Waals surface area contributed by atoms with E-state index in [1.807, 2.05) is 6.92 Å². The highest BCUT2D eigenvalue weighted by Gasteiger charge is 2.26. The maximum absolute atomic E-state index is 13.8. The summed E-state index contributed by atoms with van der Waals surface area (Å²) < 4.78 is 26.0. The minimum absolute atomic E-state index is 0.0133. The Balaban J connectivity index is 1.77. The number of carbonyl (C=O) groups excluding carboxylic acids is 2. The Morgan fingerprint density at radius 1 is 1.30 bits per heavy atom. The molecule has 3 aromatic rings. The van der Waals surface area contributed by atoms with Crippen molar-refractivity contribution < 1.29 is 23.1 Å². The summed E-state index contributed by atoms with van der Waals surface area (Å²) in [5.41, 5.74) is 2.46. The molecule has 0 radical (unpaired) electrons. The highest BCUT2D eigenvalue weighted by Crippen LogP contribution is 2.28. The molecule has 8 heteroatoms. The number of esters is 1. The van der Waals surface area contributed by atoms with Crippen molar-refractivity contribution in [3.63, 3.8) is 0 Å². The van der Waals surface area contributed by atoms with Crippen molar-refractivity contribution in [2.45, 2.75) is 33.8 Å². The highest BCUT2D eigenvalue weighted by molar-refractivity contribution is 5.99. The minimum atomic E-state index is -1.08. The van der Waals surface area contributed by atoms with Gasteiger partial charge in [0.1, 0.15) is 0 Å². The summed E-state index contributed by atoms with van der Waals surface area (Å²) in [6.45, 7) is 6.67. The second-order valence-corrected chi connectivity index (χ2v) is 6.38. The topological polar surface area (TPSA) is 86.4 Å². The van der Waals surface area contributed by atoms with Gasteiger partial charge in [0, 0.05) is 18.0 Å². The summed E-state index contributed by atoms with van der Waals surface area (Å²) in [6.07, 6.45) is -1.08. The number of aryl methyl sites for hydroxylation is 3. The van der Waals surface area contributed by atoms with Crippen LogP contribution in [-0.2, 0) is 16.6 Å². The molecule has 1 amide bonds. The van der Waals surface area contributed by atoms with Gasteiger partial charge in [-0.25, -0.2) is 9.18 Å². The van der Waals surface area contributed by atoms with Crippen molar-refractivity contribution in [3.8, 4) is 0 Å². The first-order chi connectivity index (χ1) is 12.7. The van der Waals surface area contributed by atoms with E-state index in [2.05, 4.69) is 10.4 Å². The van der Waals surface area contributed by atoms with E-state index in [0.717, 1.165) is 5.69 Å². The molecule has 0 aliphatic carbocycles. The molecule has 0 aliphatic heterocycles. The number of hydrogen-bond donors (Lipinski definition) is 1. The number of fused-ring (bicyclic) bond motifs is 1. The number of aromatic nitrogens is 2. The van der Waals surface area contributed by atoms with E-state index >= 15 is 0 Å². The largest absolute Gasteiger partial charge is 0.447 e. The number of ether oxygens (including phenoxy) is 1. The molecule has 1 atom stereocenters. The SMILES string of the molecule is Cc1nn(C)c(C)c1NC(=O)[C@@H](C)OC(=O)c1oc2c(F)cccc2c1C. The molecule has 142 valence electrons. The van der Waals surface area contributed by atoms with Gasteiger partial charge in [-0.05, 0) is 33.8 Å². The lowest BCUT2D eigenvalue weighted by molar-refractivity contribution is -0.123. The zero-order valence-electron chi connectivity index (χ0n) is 15.7. The third-order valence-corrected chi connectivity index (χ3v) is 4.51. The summed E-state index contributed by atoms with van der Waals surface area (Å²) in [4.78, 5) is 24.8. The Morgan fingerprint density at radius 3 is 2.59 bits per heavy atom. The molecule has 1 N–H and O–H groups in total. The Kier molecular flexibility index (Phi) is 4.73. The summed E-state index contributed by atoms with van der Waals surface area (Å²) in [7, 11) is 1.77. The molecular formula is C19H20FN3O4. The first-order valence-electron chi connectivity index (χ1n) is 8.40. The predicted molar refractivity (Wildman–Crippen MR) is 97.1 cm³/mol. The second-order valence-electron chi connectivity index (χ2n) is 6.38. The number of carbonyl (C=O) groups is 2. The van der Waals surface area contributed by atoms with Crippen LogP contribution in [0.3, 0.4) is 0 Å². The average molecular weight is 373 g/mol. The first kappa shape index (κ1) is 18.6. The molecule has 2 aromatic heterocycles. The molecule has 0 saturated carbocycles. The zero-order valence-corrected chi connectivity index (χ0v) is 15.7. The van der Waals surface area contributed by atoms with E-state index in [9.17, 15) is 14.0 Å². The molecule has 2 heterocycles. The molecule has 27 heavy (non-hydrogen) atoms. The van der Waals surface area contributed by atoms with Crippen LogP contribution in [0.25, 0.3) is 11.0 Å². The molecule has 7 nitrogen and oxygen atoms in total. The molecule has 0 aliphatic rings. The van der Waals surface area contributed by atoms with Gasteiger partial charge in [-0.15, -0.1) is 0 Å². The number of rotatable bonds is 4. The van der Waals surface area contributed by atoms with E-state index < -0.39 is 23.8 Å². The van der Waals surface area contributed by atoms with Crippen molar-refractivity contribution in [2.24, 2.45) is 7.05 Å². The van der Waals surface area contributed by atoms with E-state index in [0.29, 0.717) is 22.3 Å². The van der Waals surface area contributed by atoms with E-state index in [-0.39, 0.29) is 11.3 Å². The number of furan rings is 1. The number of nitrogens with one attached hydrogen (secondary N) is 1. The lowest BCUT2D eigenvalue weighted by Gasteiger charge is -2.13. The van der Waals surface area contributed by atoms with Crippen LogP contribution in [-0.4, -0.2) is 27.8 Å². The summed E-state index contributed by atoms with van der Waals surface area (Å²) in [6, 6.07) is 4.43. The van der Waals surface area contributed by atoms with Crippen LogP contribution in [0.15, 0.2) is 22.6 Å². The molecule has 1 aromatic carbocycles. The fourth-order valence-corrected chi connectivity index (χ4v) is 2.85. The van der Waals surface area contributed by atoms with E-state index in [4.69, 9.17) is 9.15 Å². The Morgan fingerprint density at radius 2 is 2.00 bits per heavy atom. The monoisotopic (exact) mass is 373 g/mol. The fourth-order valence-electron chi connectivity index (χ4n) is 2.85. The number of anilines is 1. The second kappa shape index (κ2) is 6.86. The predicted octanol–water partition coefficient (Wildman–Crippen LogP) is 3.41. The number of halogens is 1. The van der Waals surface area contributed by atoms with Gasteiger partial charge in [0.05, 0.1) is 17.1 Å². The summed E-state index contributed by atoms with van der Waals surface area (Å²) >= 11 is 0. The van der Waals surface area contributed by atoms with Gasteiger partial charge in [-0.2, -0.15) is 5.10 Å². The molecule has 0 spiro atoms. The van der Waals surface area contributed by atoms with Gasteiger partial charge in [-0.1, -0.05) is 12.1 Å². The van der Waals surface area contributed by atoms with Crippen LogP contribution < -0.4 is 5.32 Å². The van der Waals surface area contributed by atoms with E-state index in [1.54, 1.807) is 31.6 Å². The average Bonchev–Trinajstić information content (AvgIpc) is 3.07. The standard InChI is InChI=1S/C19H20FN3O4/c1-9-13-7-6-8-14(20)17(13)27-16(9)19(25)26-12(4)18(24)21-15-10(2)22-23(5)11(15)3/h6-8,12H,1-5H3,(H,21,24)/t12-/m1/s1. The number of hydrogen-bond acceptors (Lipinski definition) is 5. The zero-order chi connectivity index (χ0) is 19.9. The van der Waals surface area contributed by atoms with Crippen molar-refractivity contribution >= 4 is 28.5 Å². The molecule has 0 fully saturated rings. The van der Waals surface area contributed by atoms with Gasteiger partial charge in [0.2, 0.25) is 5.76 Å². The molecule has 0 saturated heterocycles. The third kappa shape index (κ3) is 3.30. The molecule has 0 bridgehead atoms. The number of amides is 1. The van der Waals surface area contributed by atoms with Gasteiger partial charge in [0.25, 0.3) is 5.91 Å². The van der Waals surface area contributed by atoms with Gasteiger partial charge in [-0.3, -0.25) is 9.48 Å². The molecule has 3 rings (SSSR count). The van der Waals surface area contributed by atoms with Gasteiger partial charge in [0.15, 0.2) is 17.5 Å². The van der Waals surface area contributed by atoms with Crippen LogP contribution in [0.2, 0.25) is 0 Å². The molecular weight excluding hydrogens is 353 g/mol. The smallest absolute Gasteiger partial charge is 0.375 e. The number of nitrogens with zero attached hydrogens (tertiary/aromatic N) is 2. The fraction of sp³-hybridized carbons (Fsp3) is 0.316. The van der Waals surface area contributed by atoms with Gasteiger partial charge < -0.3 is 14.5 Å². The maximum atomic E-state index is 13.8. The van der Waals surface area contributed by atoms with Crippen molar-refractivity contribution in [3.05, 3.63) is 46.7 Å². The van der Waals surface area contributed by atoms with Crippen molar-refractivity contribution in [1.29, 1.82) is 0 Å². The van der Waals surface area contributed by atoms with Crippen molar-refractivity contribution in [2.75, 3.05) is 5.32 Å². The Hall–Kier alpha value is -3.16. The Bertz CT molecular complexity index is 1050. The highest BCUT2D eigenvalue weighted by atomic mass is 19.1. The van der Waals surface area contributed by atoms with Crippen LogP contribution in [0.5, 0.6) is 0 Å². The molecule has 0 unspecified atom stereocenters. The summed E-state index contributed by atoms with van der Waals surface area (Å²) in [5.74, 6) is -2.01. The quantitative estimate of drug-likeness (QED) is 0.708. The van der Waals surface area contributed by atoms with Crippen LogP contribution >= 0.6 is 0 Å². The lowest BCUT2D eigenvalue weighted by atomic mass is 10.1. The number of para-hydroxylation sites is 1. The van der Waals surface area contributed by atoms with Crippen LogP contribution in [0, 0.1) is 26.6 Å². The van der Waals surface area contributed by atoms with Crippen LogP contribution in [0.4, 0.5) is 10.1 Å². The van der Waals surface area contributed by atoms with E-state index in [1.165, 1.54) is 19.1 Å². The van der Waals surface area contributed by atoms with Crippen LogP contribution in [0.1, 0.15) is 34.4 Å². The normalized spacial score (nSPS) is 12.2. The first-order valence-corrected chi connectivity index (χ1v) is 8.40. The Labute approximate surface area is 155 Å².